The Bertz CT molecular complexity index is 901. The molecule has 146 valence electrons. The van der Waals surface area contributed by atoms with E-state index < -0.39 is 0 Å². The Kier molecular flexibility index (Phi) is 6.76. The molecule has 2 aromatic heterocycles. The van der Waals surface area contributed by atoms with Crippen LogP contribution >= 0.6 is 23.1 Å². The molecule has 0 bridgehead atoms. The van der Waals surface area contributed by atoms with Gasteiger partial charge < -0.3 is 5.32 Å². The molecule has 0 fully saturated rings. The van der Waals surface area contributed by atoms with E-state index in [0.717, 1.165) is 35.9 Å². The Labute approximate surface area is 168 Å². The Morgan fingerprint density at radius 2 is 2.19 bits per heavy atom. The van der Waals surface area contributed by atoms with E-state index in [0.29, 0.717) is 18.2 Å². The lowest BCUT2D eigenvalue weighted by Gasteiger charge is -2.15. The van der Waals surface area contributed by atoms with Crippen LogP contribution in [0.2, 0.25) is 0 Å². The van der Waals surface area contributed by atoms with Crippen LogP contribution in [0.3, 0.4) is 0 Å². The van der Waals surface area contributed by atoms with Crippen molar-refractivity contribution in [2.45, 2.75) is 69.3 Å². The summed E-state index contributed by atoms with van der Waals surface area (Å²) in [6.45, 7) is 8.73. The third-order valence-corrected chi connectivity index (χ3v) is 7.08. The van der Waals surface area contributed by atoms with Crippen molar-refractivity contribution >= 4 is 39.2 Å². The van der Waals surface area contributed by atoms with Crippen molar-refractivity contribution in [1.29, 1.82) is 0 Å². The van der Waals surface area contributed by atoms with Gasteiger partial charge in [-0.25, -0.2) is 4.98 Å². The molecule has 5 nitrogen and oxygen atoms in total. The number of aryl methyl sites for hydroxylation is 2. The maximum absolute atomic E-state index is 13.3. The second kappa shape index (κ2) is 9.06. The minimum absolute atomic E-state index is 0.00275. The highest BCUT2D eigenvalue weighted by Crippen LogP contribution is 2.34. The van der Waals surface area contributed by atoms with E-state index >= 15 is 0 Å². The number of amides is 1. The highest BCUT2D eigenvalue weighted by atomic mass is 32.2. The van der Waals surface area contributed by atoms with Gasteiger partial charge in [0.2, 0.25) is 5.91 Å². The number of carbonyl (C=O) groups is 1. The summed E-state index contributed by atoms with van der Waals surface area (Å²) in [7, 11) is 0. The maximum Gasteiger partial charge on any atom is 0.263 e. The van der Waals surface area contributed by atoms with E-state index in [1.165, 1.54) is 35.0 Å². The lowest BCUT2D eigenvalue weighted by atomic mass is 10.1. The van der Waals surface area contributed by atoms with Gasteiger partial charge in [0, 0.05) is 18.0 Å². The number of thiophene rings is 1. The monoisotopic (exact) mass is 405 g/mol. The van der Waals surface area contributed by atoms with Gasteiger partial charge in [-0.2, -0.15) is 0 Å². The molecule has 0 spiro atoms. The Hall–Kier alpha value is -1.60. The lowest BCUT2D eigenvalue weighted by molar-refractivity contribution is -0.120. The number of nitrogens with zero attached hydrogens (tertiary/aromatic N) is 2. The van der Waals surface area contributed by atoms with Gasteiger partial charge in [-0.05, 0) is 44.6 Å². The molecule has 0 aliphatic heterocycles. The van der Waals surface area contributed by atoms with E-state index in [1.54, 1.807) is 22.0 Å². The van der Waals surface area contributed by atoms with Crippen molar-refractivity contribution in [3.8, 4) is 0 Å². The van der Waals surface area contributed by atoms with Gasteiger partial charge in [0.25, 0.3) is 5.56 Å². The zero-order valence-corrected chi connectivity index (χ0v) is 17.7. The topological polar surface area (TPSA) is 64.0 Å². The number of allylic oxidation sites excluding steroid dienone is 1. The van der Waals surface area contributed by atoms with Crippen molar-refractivity contribution in [2.24, 2.45) is 0 Å². The molecule has 1 atom stereocenters. The van der Waals surface area contributed by atoms with Crippen LogP contribution in [0.5, 0.6) is 0 Å². The van der Waals surface area contributed by atoms with Crippen molar-refractivity contribution < 1.29 is 4.79 Å². The molecule has 0 saturated carbocycles. The van der Waals surface area contributed by atoms with E-state index in [9.17, 15) is 9.59 Å². The summed E-state index contributed by atoms with van der Waals surface area (Å²) in [6, 6.07) is 0. The normalized spacial score (nSPS) is 15.2. The summed E-state index contributed by atoms with van der Waals surface area (Å²) in [5.74, 6) is -0.0247. The molecular formula is C20H27N3O2S2. The third kappa shape index (κ3) is 4.29. The van der Waals surface area contributed by atoms with Gasteiger partial charge in [0.15, 0.2) is 5.16 Å². The molecule has 0 unspecified atom stereocenters. The van der Waals surface area contributed by atoms with Gasteiger partial charge in [0.1, 0.15) is 4.83 Å². The number of hydrogen-bond donors (Lipinski definition) is 1. The fourth-order valence-corrected chi connectivity index (χ4v) is 5.63. The highest BCUT2D eigenvalue weighted by molar-refractivity contribution is 8.00. The summed E-state index contributed by atoms with van der Waals surface area (Å²) < 4.78 is 1.67. The molecule has 1 amide bonds. The van der Waals surface area contributed by atoms with E-state index in [4.69, 9.17) is 4.98 Å². The zero-order valence-electron chi connectivity index (χ0n) is 16.0. The second-order valence-electron chi connectivity index (χ2n) is 6.89. The quantitative estimate of drug-likeness (QED) is 0.328. The molecule has 0 saturated heterocycles. The standard InChI is InChI=1S/C20H27N3O2S2/c1-4-11-21-17(24)13(3)26-20-22-18-16(19(25)23(20)12-5-2)14-9-7-6-8-10-15(14)27-18/h5,13H,2,4,6-12H2,1,3H3,(H,21,24)/t13-/m1/s1. The Morgan fingerprint density at radius 3 is 2.93 bits per heavy atom. The SMILES string of the molecule is C=CCn1c(S[C@H](C)C(=O)NCCC)nc2sc3c(c2c1=O)CCCCC3. The molecule has 27 heavy (non-hydrogen) atoms. The van der Waals surface area contributed by atoms with Crippen molar-refractivity contribution in [1.82, 2.24) is 14.9 Å². The lowest BCUT2D eigenvalue weighted by Crippen LogP contribution is -2.32. The van der Waals surface area contributed by atoms with E-state index in [2.05, 4.69) is 11.9 Å². The van der Waals surface area contributed by atoms with Crippen molar-refractivity contribution in [3.05, 3.63) is 33.4 Å². The van der Waals surface area contributed by atoms with E-state index in [1.807, 2.05) is 13.8 Å². The zero-order chi connectivity index (χ0) is 19.4. The van der Waals surface area contributed by atoms with Crippen molar-refractivity contribution in [3.63, 3.8) is 0 Å². The fourth-order valence-electron chi connectivity index (χ4n) is 3.38. The van der Waals surface area contributed by atoms with Crippen LogP contribution < -0.4 is 10.9 Å². The predicted molar refractivity (Wildman–Crippen MR) is 114 cm³/mol. The van der Waals surface area contributed by atoms with Gasteiger partial charge in [0.05, 0.1) is 10.6 Å². The average molecular weight is 406 g/mol. The summed E-state index contributed by atoms with van der Waals surface area (Å²) >= 11 is 3.00. The summed E-state index contributed by atoms with van der Waals surface area (Å²) in [4.78, 5) is 32.5. The van der Waals surface area contributed by atoms with Crippen LogP contribution in [0, 0.1) is 0 Å². The van der Waals surface area contributed by atoms with Gasteiger partial charge in [-0.15, -0.1) is 17.9 Å². The molecule has 1 N–H and O–H groups in total. The van der Waals surface area contributed by atoms with Gasteiger partial charge >= 0.3 is 0 Å². The molecule has 1 aliphatic carbocycles. The average Bonchev–Trinajstić information content (AvgIpc) is 2.84. The number of aromatic nitrogens is 2. The van der Waals surface area contributed by atoms with Crippen LogP contribution in [0.4, 0.5) is 0 Å². The first kappa shape index (κ1) is 20.1. The Balaban J connectivity index is 2.02. The van der Waals surface area contributed by atoms with Crippen molar-refractivity contribution in [2.75, 3.05) is 6.54 Å². The Morgan fingerprint density at radius 1 is 1.41 bits per heavy atom. The molecule has 3 rings (SSSR count). The summed E-state index contributed by atoms with van der Waals surface area (Å²) in [6.07, 6.45) is 8.14. The van der Waals surface area contributed by atoms with Crippen LogP contribution in [0.15, 0.2) is 22.6 Å². The van der Waals surface area contributed by atoms with Crippen LogP contribution in [-0.2, 0) is 24.2 Å². The summed E-state index contributed by atoms with van der Waals surface area (Å²) in [5.41, 5.74) is 1.20. The largest absolute Gasteiger partial charge is 0.355 e. The molecular weight excluding hydrogens is 378 g/mol. The van der Waals surface area contributed by atoms with Gasteiger partial charge in [-0.1, -0.05) is 31.2 Å². The number of nitrogens with one attached hydrogen (secondary N) is 1. The molecule has 0 radical (unpaired) electrons. The van der Waals surface area contributed by atoms with Crippen LogP contribution in [-0.4, -0.2) is 27.3 Å². The molecule has 2 aromatic rings. The number of rotatable bonds is 7. The molecule has 7 heteroatoms. The predicted octanol–water partition coefficient (Wildman–Crippen LogP) is 3.92. The minimum Gasteiger partial charge on any atom is -0.355 e. The highest BCUT2D eigenvalue weighted by Gasteiger charge is 2.23. The first-order chi connectivity index (χ1) is 13.1. The molecule has 0 aromatic carbocycles. The number of thioether (sulfide) groups is 1. The maximum atomic E-state index is 13.3. The first-order valence-corrected chi connectivity index (χ1v) is 11.4. The molecule has 1 aliphatic rings. The van der Waals surface area contributed by atoms with Crippen LogP contribution in [0.25, 0.3) is 10.2 Å². The van der Waals surface area contributed by atoms with Gasteiger partial charge in [-0.3, -0.25) is 14.2 Å². The fraction of sp³-hybridized carbons (Fsp3) is 0.550. The minimum atomic E-state index is -0.310. The number of carbonyl (C=O) groups excluding carboxylic acids is 1. The molecule has 2 heterocycles. The number of hydrogen-bond acceptors (Lipinski definition) is 5. The van der Waals surface area contributed by atoms with E-state index in [-0.39, 0.29) is 16.7 Å². The smallest absolute Gasteiger partial charge is 0.263 e. The second-order valence-corrected chi connectivity index (χ2v) is 9.29. The van der Waals surface area contributed by atoms with Crippen LogP contribution in [0.1, 0.15) is 50.0 Å². The first-order valence-electron chi connectivity index (χ1n) is 9.67. The third-order valence-electron chi connectivity index (χ3n) is 4.80. The number of fused-ring (bicyclic) bond motifs is 3. The summed E-state index contributed by atoms with van der Waals surface area (Å²) in [5, 5.41) is 3.98.